The standard InChI is InChI=1S/C18H15ClN2O3.C16H11ClN2O3.2CH4/c1-2-24-18(23)16-15-10-13(19)8-9-14(15)17(22)21(20-16)11-12-6-4-3-5-7-12;17-11-6-7-12-13(8-11)14(16(21)22)18-19(15(12)20)9-10-4-2-1-3-5-10;;/h3-10H,2,11H2,1H3;1-8H,9H2,(H,21,22);2*1H4. The molecule has 10 nitrogen and oxygen atoms in total. The van der Waals surface area contributed by atoms with Gasteiger partial charge in [-0.1, -0.05) is 98.7 Å². The molecule has 6 aromatic rings. The van der Waals surface area contributed by atoms with Crippen molar-refractivity contribution >= 4 is 56.7 Å². The van der Waals surface area contributed by atoms with Gasteiger partial charge in [0.15, 0.2) is 11.4 Å². The van der Waals surface area contributed by atoms with Crippen LogP contribution in [0.2, 0.25) is 10.0 Å². The minimum Gasteiger partial charge on any atom is -0.476 e. The Bertz CT molecular complexity index is 2190. The van der Waals surface area contributed by atoms with Gasteiger partial charge in [0.05, 0.1) is 30.5 Å². The molecule has 0 unspecified atom stereocenters. The van der Waals surface area contributed by atoms with Crippen molar-refractivity contribution in [3.05, 3.63) is 150 Å². The summed E-state index contributed by atoms with van der Waals surface area (Å²) in [6.07, 6.45) is 0. The fourth-order valence-corrected chi connectivity index (χ4v) is 5.10. The van der Waals surface area contributed by atoms with E-state index >= 15 is 0 Å². The first-order valence-corrected chi connectivity index (χ1v) is 14.8. The molecule has 2 heterocycles. The van der Waals surface area contributed by atoms with Crippen LogP contribution in [0.25, 0.3) is 21.5 Å². The number of carbonyl (C=O) groups is 2. The van der Waals surface area contributed by atoms with E-state index in [4.69, 9.17) is 27.9 Å². The number of carboxylic acids is 1. The molecule has 0 saturated carbocycles. The number of nitrogens with zero attached hydrogens (tertiary/aromatic N) is 4. The lowest BCUT2D eigenvalue weighted by Gasteiger charge is -2.11. The van der Waals surface area contributed by atoms with E-state index in [-0.39, 0.29) is 67.8 Å². The molecule has 0 atom stereocenters. The van der Waals surface area contributed by atoms with E-state index < -0.39 is 11.9 Å². The fourth-order valence-electron chi connectivity index (χ4n) is 4.75. The number of carbonyl (C=O) groups excluding carboxylic acids is 1. The summed E-state index contributed by atoms with van der Waals surface area (Å²) in [6, 6.07) is 28.0. The van der Waals surface area contributed by atoms with Crippen molar-refractivity contribution in [1.29, 1.82) is 0 Å². The van der Waals surface area contributed by atoms with E-state index in [0.717, 1.165) is 15.8 Å². The first kappa shape index (κ1) is 37.1. The van der Waals surface area contributed by atoms with Crippen molar-refractivity contribution in [3.8, 4) is 0 Å². The second-order valence-corrected chi connectivity index (χ2v) is 10.9. The number of ether oxygens (including phenoxy) is 1. The molecule has 248 valence electrons. The third kappa shape index (κ3) is 8.33. The lowest BCUT2D eigenvalue weighted by molar-refractivity contribution is 0.0518. The molecule has 6 rings (SSSR count). The highest BCUT2D eigenvalue weighted by Gasteiger charge is 2.19. The zero-order chi connectivity index (χ0) is 32.8. The molecule has 0 bridgehead atoms. The van der Waals surface area contributed by atoms with Gasteiger partial charge in [0.1, 0.15) is 0 Å². The van der Waals surface area contributed by atoms with Crippen molar-refractivity contribution in [1.82, 2.24) is 19.6 Å². The van der Waals surface area contributed by atoms with Crippen LogP contribution in [0.3, 0.4) is 0 Å². The van der Waals surface area contributed by atoms with Crippen molar-refractivity contribution in [3.63, 3.8) is 0 Å². The Morgan fingerprint density at radius 2 is 1.08 bits per heavy atom. The summed E-state index contributed by atoms with van der Waals surface area (Å²) < 4.78 is 7.50. The van der Waals surface area contributed by atoms with Crippen molar-refractivity contribution in [2.24, 2.45) is 0 Å². The van der Waals surface area contributed by atoms with E-state index in [1.165, 1.54) is 16.8 Å². The topological polar surface area (TPSA) is 133 Å². The minimum absolute atomic E-state index is 0. The normalized spacial score (nSPS) is 10.3. The summed E-state index contributed by atoms with van der Waals surface area (Å²) in [5.41, 5.74) is 1.05. The van der Waals surface area contributed by atoms with Crippen LogP contribution in [-0.4, -0.2) is 43.2 Å². The van der Waals surface area contributed by atoms with Gasteiger partial charge in [-0.15, -0.1) is 0 Å². The van der Waals surface area contributed by atoms with Gasteiger partial charge in [0, 0.05) is 20.8 Å². The molecule has 0 radical (unpaired) electrons. The molecule has 0 amide bonds. The number of esters is 1. The molecule has 1 N–H and O–H groups in total. The number of hydrogen-bond acceptors (Lipinski definition) is 7. The predicted molar refractivity (Wildman–Crippen MR) is 189 cm³/mol. The first-order valence-electron chi connectivity index (χ1n) is 14.0. The van der Waals surface area contributed by atoms with Crippen LogP contribution >= 0.6 is 23.2 Å². The molecule has 0 aliphatic heterocycles. The molecule has 0 saturated heterocycles. The van der Waals surface area contributed by atoms with Crippen molar-refractivity contribution in [2.75, 3.05) is 6.61 Å². The second kappa shape index (κ2) is 16.5. The lowest BCUT2D eigenvalue weighted by atomic mass is 10.1. The number of aromatic nitrogens is 4. The van der Waals surface area contributed by atoms with Gasteiger partial charge in [-0.3, -0.25) is 9.59 Å². The molecule has 2 aromatic heterocycles. The maximum Gasteiger partial charge on any atom is 0.359 e. The maximum atomic E-state index is 12.7. The van der Waals surface area contributed by atoms with Crippen LogP contribution in [0.15, 0.2) is 107 Å². The summed E-state index contributed by atoms with van der Waals surface area (Å²) in [4.78, 5) is 48.8. The molecule has 0 spiro atoms. The highest BCUT2D eigenvalue weighted by atomic mass is 35.5. The zero-order valence-electron chi connectivity index (χ0n) is 24.4. The molecule has 12 heteroatoms. The van der Waals surface area contributed by atoms with Gasteiger partial charge in [-0.25, -0.2) is 19.0 Å². The summed E-state index contributed by atoms with van der Waals surface area (Å²) in [7, 11) is 0. The summed E-state index contributed by atoms with van der Waals surface area (Å²) in [5, 5.41) is 19.6. The lowest BCUT2D eigenvalue weighted by Crippen LogP contribution is -2.27. The van der Waals surface area contributed by atoms with E-state index in [2.05, 4.69) is 10.2 Å². The predicted octanol–water partition coefficient (Wildman–Crippen LogP) is 7.34. The monoisotopic (exact) mass is 688 g/mol. The average molecular weight is 690 g/mol. The number of rotatable bonds is 7. The van der Waals surface area contributed by atoms with Crippen LogP contribution in [0.1, 0.15) is 53.9 Å². The first-order chi connectivity index (χ1) is 22.2. The van der Waals surface area contributed by atoms with Crippen molar-refractivity contribution in [2.45, 2.75) is 34.9 Å². The summed E-state index contributed by atoms with van der Waals surface area (Å²) in [6.45, 7) is 2.41. The zero-order valence-corrected chi connectivity index (χ0v) is 25.9. The van der Waals surface area contributed by atoms with Crippen LogP contribution in [-0.2, 0) is 17.8 Å². The van der Waals surface area contributed by atoms with Gasteiger partial charge in [0.2, 0.25) is 0 Å². The van der Waals surface area contributed by atoms with Gasteiger partial charge in [-0.2, -0.15) is 10.2 Å². The van der Waals surface area contributed by atoms with E-state index in [9.17, 15) is 24.3 Å². The van der Waals surface area contributed by atoms with Gasteiger partial charge in [0.25, 0.3) is 11.1 Å². The Hall–Kier alpha value is -5.32. The Kier molecular flexibility index (Phi) is 12.8. The van der Waals surface area contributed by atoms with Crippen LogP contribution in [0.5, 0.6) is 0 Å². The van der Waals surface area contributed by atoms with Crippen LogP contribution < -0.4 is 11.1 Å². The Morgan fingerprint density at radius 1 is 0.667 bits per heavy atom. The second-order valence-electron chi connectivity index (χ2n) is 10.00. The smallest absolute Gasteiger partial charge is 0.359 e. The molecular weight excluding hydrogens is 655 g/mol. The number of halogens is 2. The maximum absolute atomic E-state index is 12.7. The summed E-state index contributed by atoms with van der Waals surface area (Å²) >= 11 is 11.9. The van der Waals surface area contributed by atoms with E-state index in [0.29, 0.717) is 20.8 Å². The SMILES string of the molecule is C.C.CCOC(=O)c1nn(Cc2ccccc2)c(=O)c2ccc(Cl)cc12.O=C(O)c1nn(Cc2ccccc2)c(=O)c2ccc(Cl)cc12. The van der Waals surface area contributed by atoms with Crippen LogP contribution in [0.4, 0.5) is 0 Å². The number of fused-ring (bicyclic) bond motifs is 2. The third-order valence-electron chi connectivity index (χ3n) is 6.87. The Balaban J connectivity index is 0.000000251. The van der Waals surface area contributed by atoms with Crippen LogP contribution in [0, 0.1) is 0 Å². The quantitative estimate of drug-likeness (QED) is 0.172. The summed E-state index contributed by atoms with van der Waals surface area (Å²) in [5.74, 6) is -1.78. The van der Waals surface area contributed by atoms with Crippen molar-refractivity contribution < 1.29 is 19.4 Å². The molecular formula is C36H34Cl2N4O6. The van der Waals surface area contributed by atoms with E-state index in [1.54, 1.807) is 31.2 Å². The van der Waals surface area contributed by atoms with Gasteiger partial charge >= 0.3 is 11.9 Å². The Morgan fingerprint density at radius 3 is 1.50 bits per heavy atom. The van der Waals surface area contributed by atoms with E-state index in [1.807, 2.05) is 60.7 Å². The molecule has 0 aliphatic rings. The largest absolute Gasteiger partial charge is 0.476 e. The molecule has 4 aromatic carbocycles. The minimum atomic E-state index is -1.20. The Labute approximate surface area is 286 Å². The number of aromatic carboxylic acids is 1. The molecule has 0 fully saturated rings. The number of benzene rings is 4. The number of hydrogen-bond donors (Lipinski definition) is 1. The third-order valence-corrected chi connectivity index (χ3v) is 7.34. The molecule has 0 aliphatic carbocycles. The fraction of sp³-hybridized carbons (Fsp3) is 0.167. The van der Waals surface area contributed by atoms with Gasteiger partial charge in [-0.05, 0) is 54.4 Å². The highest BCUT2D eigenvalue weighted by molar-refractivity contribution is 6.32. The average Bonchev–Trinajstić information content (AvgIpc) is 3.05. The highest BCUT2D eigenvalue weighted by Crippen LogP contribution is 2.21. The van der Waals surface area contributed by atoms with Gasteiger partial charge < -0.3 is 9.84 Å². The number of carboxylic acid groups (broad SMARTS) is 1. The molecule has 48 heavy (non-hydrogen) atoms.